The Morgan fingerprint density at radius 1 is 1.23 bits per heavy atom. The number of alkyl halides is 3. The third-order valence-corrected chi connectivity index (χ3v) is 5.70. The van der Waals surface area contributed by atoms with E-state index < -0.39 is 12.8 Å². The van der Waals surface area contributed by atoms with Gasteiger partial charge in [0.2, 0.25) is 5.95 Å². The van der Waals surface area contributed by atoms with E-state index in [4.69, 9.17) is 10.5 Å². The van der Waals surface area contributed by atoms with Crippen molar-refractivity contribution in [1.82, 2.24) is 15.0 Å². The lowest BCUT2D eigenvalue weighted by molar-refractivity contribution is -0.0494. The molecule has 5 heterocycles. The predicted molar refractivity (Wildman–Crippen MR) is 104 cm³/mol. The van der Waals surface area contributed by atoms with Crippen LogP contribution in [0.2, 0.25) is 0 Å². The minimum Gasteiger partial charge on any atom is -0.431 e. The fraction of sp³-hybridized carbons (Fsp3) is 0.526. The van der Waals surface area contributed by atoms with Crippen molar-refractivity contribution in [3.8, 4) is 17.0 Å². The van der Waals surface area contributed by atoms with E-state index in [1.807, 2.05) is 0 Å². The van der Waals surface area contributed by atoms with E-state index in [1.165, 1.54) is 12.3 Å². The van der Waals surface area contributed by atoms with Gasteiger partial charge in [-0.2, -0.15) is 13.8 Å². The molecule has 2 aromatic rings. The van der Waals surface area contributed by atoms with Gasteiger partial charge >= 0.3 is 6.61 Å². The van der Waals surface area contributed by atoms with Crippen molar-refractivity contribution in [2.45, 2.75) is 37.8 Å². The molecule has 2 N–H and O–H groups in total. The number of aromatic nitrogens is 3. The first kappa shape index (κ1) is 19.2. The van der Waals surface area contributed by atoms with Gasteiger partial charge in [0, 0.05) is 30.9 Å². The van der Waals surface area contributed by atoms with Gasteiger partial charge in [0.15, 0.2) is 11.6 Å². The maximum atomic E-state index is 13.8. The van der Waals surface area contributed by atoms with Crippen LogP contribution in [0, 0.1) is 0 Å². The second-order valence-corrected chi connectivity index (χ2v) is 7.73. The van der Waals surface area contributed by atoms with Crippen molar-refractivity contribution >= 4 is 17.6 Å². The number of nitrogen functional groups attached to an aromatic ring is 1. The summed E-state index contributed by atoms with van der Waals surface area (Å²) in [5, 5.41) is 0. The quantitative estimate of drug-likeness (QED) is 0.785. The molecule has 3 saturated heterocycles. The first-order chi connectivity index (χ1) is 14.5. The van der Waals surface area contributed by atoms with E-state index in [-0.39, 0.29) is 30.3 Å². The summed E-state index contributed by atoms with van der Waals surface area (Å²) in [6, 6.07) is 3.39. The summed E-state index contributed by atoms with van der Waals surface area (Å²) < 4.78 is 49.3. The Hall–Kier alpha value is -2.82. The van der Waals surface area contributed by atoms with Gasteiger partial charge in [-0.15, -0.1) is 0 Å². The van der Waals surface area contributed by atoms with E-state index in [1.54, 1.807) is 11.0 Å². The number of hydrogen-bond acceptors (Lipinski definition) is 8. The summed E-state index contributed by atoms with van der Waals surface area (Å²) in [4.78, 5) is 17.2. The van der Waals surface area contributed by atoms with Crippen molar-refractivity contribution in [3.05, 3.63) is 18.3 Å². The van der Waals surface area contributed by atoms with Crippen LogP contribution in [-0.4, -0.2) is 66.1 Å². The molecule has 0 aromatic carbocycles. The second-order valence-electron chi connectivity index (χ2n) is 7.73. The van der Waals surface area contributed by atoms with Crippen molar-refractivity contribution in [2.24, 2.45) is 0 Å². The van der Waals surface area contributed by atoms with Crippen LogP contribution in [0.15, 0.2) is 18.3 Å². The van der Waals surface area contributed by atoms with Crippen LogP contribution in [0.25, 0.3) is 11.3 Å². The molecule has 0 unspecified atom stereocenters. The highest BCUT2D eigenvalue weighted by molar-refractivity contribution is 5.68. The molecule has 11 heteroatoms. The fourth-order valence-corrected chi connectivity index (χ4v) is 4.22. The lowest BCUT2D eigenvalue weighted by atomic mass is 10.2. The number of hydrogen-bond donors (Lipinski definition) is 1. The summed E-state index contributed by atoms with van der Waals surface area (Å²) in [6.07, 6.45) is 2.04. The van der Waals surface area contributed by atoms with Crippen LogP contribution >= 0.6 is 0 Å². The highest BCUT2D eigenvalue weighted by Crippen LogP contribution is 2.35. The number of fused-ring (bicyclic) bond motifs is 2. The normalized spacial score (nSPS) is 25.5. The Kier molecular flexibility index (Phi) is 4.76. The average molecular weight is 422 g/mol. The van der Waals surface area contributed by atoms with Crippen LogP contribution < -0.4 is 20.3 Å². The summed E-state index contributed by atoms with van der Waals surface area (Å²) in [6.45, 7) is -0.944. The Morgan fingerprint density at radius 2 is 2.10 bits per heavy atom. The Balaban J connectivity index is 1.55. The topological polar surface area (TPSA) is 89.6 Å². The predicted octanol–water partition coefficient (Wildman–Crippen LogP) is 2.25. The zero-order chi connectivity index (χ0) is 20.8. The molecule has 2 aromatic heterocycles. The van der Waals surface area contributed by atoms with E-state index >= 15 is 0 Å². The number of nitrogens with zero attached hydrogens (tertiary/aromatic N) is 5. The first-order valence-corrected chi connectivity index (χ1v) is 9.83. The van der Waals surface area contributed by atoms with Gasteiger partial charge in [-0.25, -0.2) is 14.4 Å². The molecule has 5 rings (SSSR count). The zero-order valence-corrected chi connectivity index (χ0v) is 16.0. The molecule has 3 aliphatic heterocycles. The van der Waals surface area contributed by atoms with Gasteiger partial charge in [-0.3, -0.25) is 0 Å². The number of nitrogens with two attached hydrogens (primary N) is 1. The minimum absolute atomic E-state index is 0.137. The smallest absolute Gasteiger partial charge is 0.387 e. The number of morpholine rings is 1. The van der Waals surface area contributed by atoms with Crippen molar-refractivity contribution in [1.29, 1.82) is 0 Å². The van der Waals surface area contributed by atoms with Gasteiger partial charge in [-0.05, 0) is 18.9 Å². The molecule has 160 valence electrons. The van der Waals surface area contributed by atoms with Crippen molar-refractivity contribution in [2.75, 3.05) is 41.8 Å². The lowest BCUT2D eigenvalue weighted by Gasteiger charge is -2.29. The monoisotopic (exact) mass is 422 g/mol. The van der Waals surface area contributed by atoms with Crippen LogP contribution in [-0.2, 0) is 4.74 Å². The van der Waals surface area contributed by atoms with E-state index in [2.05, 4.69) is 24.6 Å². The summed E-state index contributed by atoms with van der Waals surface area (Å²) in [5.74, 6) is 0.742. The number of ether oxygens (including phenoxy) is 2. The van der Waals surface area contributed by atoms with Crippen LogP contribution in [0.5, 0.6) is 5.75 Å². The summed E-state index contributed by atoms with van der Waals surface area (Å²) in [5.41, 5.74) is 6.60. The SMILES string of the molecule is Nc1ncc(-c2cc(N3C[C@@H]4C[C@H]3CO4)nc(N3CC[C@H](F)C3)n2)cc1OC(F)F. The van der Waals surface area contributed by atoms with Crippen LogP contribution in [0.1, 0.15) is 12.8 Å². The molecule has 0 spiro atoms. The molecular formula is C19H21F3N6O2. The molecule has 30 heavy (non-hydrogen) atoms. The highest BCUT2D eigenvalue weighted by Gasteiger charge is 2.40. The molecule has 0 saturated carbocycles. The fourth-order valence-electron chi connectivity index (χ4n) is 4.22. The molecule has 2 bridgehead atoms. The molecule has 3 fully saturated rings. The maximum Gasteiger partial charge on any atom is 0.387 e. The average Bonchev–Trinajstić information content (AvgIpc) is 3.46. The molecule has 8 nitrogen and oxygen atoms in total. The Morgan fingerprint density at radius 3 is 2.77 bits per heavy atom. The summed E-state index contributed by atoms with van der Waals surface area (Å²) >= 11 is 0. The largest absolute Gasteiger partial charge is 0.431 e. The standard InChI is InChI=1S/C19H21F3N6O2/c20-11-1-2-27(7-11)19-25-14(10-3-15(30-18(21)22)17(23)24-6-10)5-16(26-19)28-8-13-4-12(28)9-29-13/h3,5-6,11-13,18H,1-2,4,7-9H2,(H2,23,24)/t11-,12-,13-/m0/s1. The van der Waals surface area contributed by atoms with E-state index in [9.17, 15) is 13.2 Å². The maximum absolute atomic E-state index is 13.8. The van der Waals surface area contributed by atoms with Crippen LogP contribution in [0.4, 0.5) is 30.8 Å². The summed E-state index contributed by atoms with van der Waals surface area (Å²) in [7, 11) is 0. The molecule has 0 radical (unpaired) electrons. The molecule has 3 aliphatic rings. The number of anilines is 3. The molecule has 0 aliphatic carbocycles. The third-order valence-electron chi connectivity index (χ3n) is 5.70. The van der Waals surface area contributed by atoms with Gasteiger partial charge in [0.25, 0.3) is 0 Å². The second kappa shape index (κ2) is 7.46. The first-order valence-electron chi connectivity index (χ1n) is 9.83. The van der Waals surface area contributed by atoms with Crippen molar-refractivity contribution < 1.29 is 22.6 Å². The lowest BCUT2D eigenvalue weighted by Crippen LogP contribution is -2.38. The molecule has 3 atom stereocenters. The third kappa shape index (κ3) is 3.57. The Bertz CT molecular complexity index is 948. The van der Waals surface area contributed by atoms with Crippen LogP contribution in [0.3, 0.4) is 0 Å². The van der Waals surface area contributed by atoms with E-state index in [0.29, 0.717) is 49.1 Å². The van der Waals surface area contributed by atoms with Gasteiger partial charge < -0.3 is 25.0 Å². The minimum atomic E-state index is -3.02. The van der Waals surface area contributed by atoms with Gasteiger partial charge in [0.05, 0.1) is 31.0 Å². The highest BCUT2D eigenvalue weighted by atomic mass is 19.3. The van der Waals surface area contributed by atoms with Gasteiger partial charge in [0.1, 0.15) is 12.0 Å². The van der Waals surface area contributed by atoms with Crippen molar-refractivity contribution in [3.63, 3.8) is 0 Å². The van der Waals surface area contributed by atoms with E-state index in [0.717, 1.165) is 6.42 Å². The zero-order valence-electron chi connectivity index (χ0n) is 16.0. The molecular weight excluding hydrogens is 401 g/mol. The number of halogens is 3. The van der Waals surface area contributed by atoms with Gasteiger partial charge in [-0.1, -0.05) is 0 Å². The number of rotatable bonds is 5. The Labute approximate surface area is 170 Å². The number of pyridine rings is 1. The molecule has 0 amide bonds.